The van der Waals surface area contributed by atoms with E-state index < -0.39 is 0 Å². The highest BCUT2D eigenvalue weighted by Crippen LogP contribution is 2.18. The summed E-state index contributed by atoms with van der Waals surface area (Å²) in [5, 5.41) is 7.95. The van der Waals surface area contributed by atoms with E-state index in [0.29, 0.717) is 13.0 Å². The Morgan fingerprint density at radius 1 is 1.47 bits per heavy atom. The van der Waals surface area contributed by atoms with Crippen molar-refractivity contribution >= 4 is 17.5 Å². The monoisotopic (exact) mass is 257 g/mol. The Hall–Kier alpha value is -1.03. The number of aromatic nitrogens is 2. The summed E-state index contributed by atoms with van der Waals surface area (Å²) in [7, 11) is 0. The zero-order chi connectivity index (χ0) is 12.8. The van der Waals surface area contributed by atoms with Gasteiger partial charge >= 0.3 is 0 Å². The first kappa shape index (κ1) is 14.0. The summed E-state index contributed by atoms with van der Waals surface area (Å²) in [5.41, 5.74) is 1.85. The molecule has 0 aromatic carbocycles. The molecule has 0 saturated heterocycles. The molecule has 5 heteroatoms. The van der Waals surface area contributed by atoms with Crippen LogP contribution in [0.3, 0.4) is 0 Å². The summed E-state index contributed by atoms with van der Waals surface area (Å²) >= 11 is 6.05. The number of rotatable bonds is 6. The van der Waals surface area contributed by atoms with Crippen molar-refractivity contribution in [1.82, 2.24) is 15.1 Å². The molecule has 17 heavy (non-hydrogen) atoms. The third kappa shape index (κ3) is 4.04. The van der Waals surface area contributed by atoms with Crippen molar-refractivity contribution < 1.29 is 4.79 Å². The number of aryl methyl sites for hydroxylation is 2. The lowest BCUT2D eigenvalue weighted by molar-refractivity contribution is -0.121. The molecule has 0 saturated carbocycles. The van der Waals surface area contributed by atoms with E-state index in [9.17, 15) is 4.79 Å². The van der Waals surface area contributed by atoms with E-state index in [1.54, 1.807) is 0 Å². The zero-order valence-electron chi connectivity index (χ0n) is 10.7. The summed E-state index contributed by atoms with van der Waals surface area (Å²) < 4.78 is 1.89. The second-order valence-corrected chi connectivity index (χ2v) is 4.54. The average molecular weight is 258 g/mol. The number of amides is 1. The summed E-state index contributed by atoms with van der Waals surface area (Å²) in [4.78, 5) is 11.2. The molecule has 0 radical (unpaired) electrons. The Morgan fingerprint density at radius 2 is 2.18 bits per heavy atom. The summed E-state index contributed by atoms with van der Waals surface area (Å²) in [6.07, 6.45) is 2.36. The van der Waals surface area contributed by atoms with Gasteiger partial charge in [-0.1, -0.05) is 18.5 Å². The molecule has 1 N–H and O–H groups in total. The van der Waals surface area contributed by atoms with Crippen molar-refractivity contribution in [3.8, 4) is 0 Å². The molecule has 1 amide bonds. The van der Waals surface area contributed by atoms with Gasteiger partial charge in [0.25, 0.3) is 0 Å². The van der Waals surface area contributed by atoms with Crippen LogP contribution < -0.4 is 5.32 Å². The minimum atomic E-state index is 0.124. The predicted octanol–water partition coefficient (Wildman–Crippen LogP) is 2.46. The van der Waals surface area contributed by atoms with Crippen molar-refractivity contribution in [3.05, 3.63) is 16.4 Å². The zero-order valence-corrected chi connectivity index (χ0v) is 11.5. The summed E-state index contributed by atoms with van der Waals surface area (Å²) in [6, 6.07) is 0. The van der Waals surface area contributed by atoms with E-state index in [1.807, 2.05) is 25.5 Å². The molecule has 0 spiro atoms. The quantitative estimate of drug-likeness (QED) is 0.796. The predicted molar refractivity (Wildman–Crippen MR) is 69.2 cm³/mol. The Kier molecular flexibility index (Phi) is 5.48. The number of carbonyl (C=O) groups excluding carboxylic acids is 1. The molecule has 0 aliphatic carbocycles. The van der Waals surface area contributed by atoms with Crippen LogP contribution in [0.15, 0.2) is 0 Å². The first-order chi connectivity index (χ1) is 8.06. The highest BCUT2D eigenvalue weighted by Gasteiger charge is 2.08. The number of nitrogens with one attached hydrogen (secondary N) is 1. The van der Waals surface area contributed by atoms with Crippen LogP contribution in [-0.2, 0) is 11.3 Å². The number of hydrogen-bond acceptors (Lipinski definition) is 2. The maximum absolute atomic E-state index is 11.2. The Balaban J connectivity index is 2.31. The first-order valence-electron chi connectivity index (χ1n) is 6.02. The first-order valence-corrected chi connectivity index (χ1v) is 6.40. The normalized spacial score (nSPS) is 10.6. The minimum absolute atomic E-state index is 0.124. The highest BCUT2D eigenvalue weighted by molar-refractivity contribution is 6.31. The van der Waals surface area contributed by atoms with Gasteiger partial charge in [-0.3, -0.25) is 9.48 Å². The van der Waals surface area contributed by atoms with Crippen LogP contribution in [0.25, 0.3) is 0 Å². The third-order valence-corrected chi connectivity index (χ3v) is 3.19. The second-order valence-electron chi connectivity index (χ2n) is 4.16. The van der Waals surface area contributed by atoms with Gasteiger partial charge in [-0.05, 0) is 26.7 Å². The maximum atomic E-state index is 11.2. The molecule has 1 rings (SSSR count). The fourth-order valence-electron chi connectivity index (χ4n) is 1.66. The molecule has 1 aromatic heterocycles. The van der Waals surface area contributed by atoms with Crippen LogP contribution in [0, 0.1) is 13.8 Å². The standard InChI is InChI=1S/C12H20ClN3O/c1-4-6-11(17)14-7-5-8-16-10(3)12(13)9(2)15-16/h4-8H2,1-3H3,(H,14,17). The number of hydrogen-bond donors (Lipinski definition) is 1. The topological polar surface area (TPSA) is 46.9 Å². The molecule has 0 atom stereocenters. The van der Waals surface area contributed by atoms with Gasteiger partial charge in [0.1, 0.15) is 0 Å². The van der Waals surface area contributed by atoms with E-state index in [2.05, 4.69) is 10.4 Å². The van der Waals surface area contributed by atoms with E-state index >= 15 is 0 Å². The van der Waals surface area contributed by atoms with Gasteiger partial charge in [0, 0.05) is 19.5 Å². The smallest absolute Gasteiger partial charge is 0.219 e. The van der Waals surface area contributed by atoms with Gasteiger partial charge in [-0.15, -0.1) is 0 Å². The van der Waals surface area contributed by atoms with Crippen LogP contribution in [0.5, 0.6) is 0 Å². The molecule has 96 valence electrons. The highest BCUT2D eigenvalue weighted by atomic mass is 35.5. The van der Waals surface area contributed by atoms with E-state index in [0.717, 1.165) is 35.8 Å². The third-order valence-electron chi connectivity index (χ3n) is 2.64. The molecule has 0 unspecified atom stereocenters. The number of carbonyl (C=O) groups is 1. The molecule has 1 heterocycles. The lowest BCUT2D eigenvalue weighted by atomic mass is 10.3. The number of halogens is 1. The van der Waals surface area contributed by atoms with Crippen molar-refractivity contribution in [2.45, 2.75) is 46.6 Å². The van der Waals surface area contributed by atoms with Crippen LogP contribution in [0.2, 0.25) is 5.02 Å². The van der Waals surface area contributed by atoms with Crippen molar-refractivity contribution in [2.75, 3.05) is 6.54 Å². The molecule has 0 fully saturated rings. The van der Waals surface area contributed by atoms with Gasteiger partial charge < -0.3 is 5.32 Å². The van der Waals surface area contributed by atoms with Crippen LogP contribution in [0.4, 0.5) is 0 Å². The lowest BCUT2D eigenvalue weighted by Crippen LogP contribution is -2.24. The van der Waals surface area contributed by atoms with E-state index in [1.165, 1.54) is 0 Å². The fraction of sp³-hybridized carbons (Fsp3) is 0.667. The minimum Gasteiger partial charge on any atom is -0.356 e. The maximum Gasteiger partial charge on any atom is 0.219 e. The van der Waals surface area contributed by atoms with Crippen molar-refractivity contribution in [3.63, 3.8) is 0 Å². The summed E-state index contributed by atoms with van der Waals surface area (Å²) in [5.74, 6) is 0.124. The lowest BCUT2D eigenvalue weighted by Gasteiger charge is -2.06. The van der Waals surface area contributed by atoms with Gasteiger partial charge in [0.2, 0.25) is 5.91 Å². The largest absolute Gasteiger partial charge is 0.356 e. The Bertz CT molecular complexity index is 387. The average Bonchev–Trinajstić information content (AvgIpc) is 2.53. The molecule has 4 nitrogen and oxygen atoms in total. The Labute approximate surface area is 107 Å². The van der Waals surface area contributed by atoms with Crippen molar-refractivity contribution in [2.24, 2.45) is 0 Å². The number of nitrogens with zero attached hydrogens (tertiary/aromatic N) is 2. The molecule has 1 aromatic rings. The molecular weight excluding hydrogens is 238 g/mol. The SMILES string of the molecule is CCCC(=O)NCCCn1nc(C)c(Cl)c1C. The Morgan fingerprint density at radius 3 is 2.71 bits per heavy atom. The molecule has 0 aliphatic heterocycles. The molecular formula is C12H20ClN3O. The van der Waals surface area contributed by atoms with E-state index in [4.69, 9.17) is 11.6 Å². The van der Waals surface area contributed by atoms with Crippen LogP contribution in [-0.4, -0.2) is 22.2 Å². The van der Waals surface area contributed by atoms with E-state index in [-0.39, 0.29) is 5.91 Å². The van der Waals surface area contributed by atoms with Gasteiger partial charge in [0.15, 0.2) is 0 Å². The van der Waals surface area contributed by atoms with Crippen LogP contribution in [0.1, 0.15) is 37.6 Å². The van der Waals surface area contributed by atoms with Gasteiger partial charge in [-0.25, -0.2) is 0 Å². The van der Waals surface area contributed by atoms with Gasteiger partial charge in [-0.2, -0.15) is 5.10 Å². The van der Waals surface area contributed by atoms with Crippen molar-refractivity contribution in [1.29, 1.82) is 0 Å². The molecule has 0 aliphatic rings. The fourth-order valence-corrected chi connectivity index (χ4v) is 1.80. The second kappa shape index (κ2) is 6.64. The molecule has 0 bridgehead atoms. The van der Waals surface area contributed by atoms with Gasteiger partial charge in [0.05, 0.1) is 16.4 Å². The summed E-state index contributed by atoms with van der Waals surface area (Å²) in [6.45, 7) is 7.32. The van der Waals surface area contributed by atoms with Crippen LogP contribution >= 0.6 is 11.6 Å².